The van der Waals surface area contributed by atoms with Gasteiger partial charge in [0.1, 0.15) is 11.9 Å². The topological polar surface area (TPSA) is 111 Å². The molecule has 1 aliphatic carbocycles. The number of carbonyl (C=O) groups excluding carboxylic acids is 1. The molecular formula is C26H27F3N6O2. The fraction of sp³-hybridized carbons (Fsp3) is 0.346. The summed E-state index contributed by atoms with van der Waals surface area (Å²) in [6.07, 6.45) is 0.193. The standard InChI is InChI=1S/C26H27F3N6O2/c1-15-6-9-18(11-21(15)26(27,28)29)32-23(14-36)34-13-19(12-31-34)35-22-5-3-2-4-20(22)24(33-35)16-7-8-17(10-16)25(30)37/h2-6,9,11-13,16-17,23,32,36H,7-8,10,14H2,1H3,(H2,30,37). The van der Waals surface area contributed by atoms with E-state index in [0.29, 0.717) is 12.1 Å². The van der Waals surface area contributed by atoms with Crippen LogP contribution in [-0.2, 0) is 11.0 Å². The molecule has 0 spiro atoms. The Labute approximate surface area is 210 Å². The molecule has 1 fully saturated rings. The summed E-state index contributed by atoms with van der Waals surface area (Å²) < 4.78 is 43.2. The monoisotopic (exact) mass is 512 g/mol. The molecule has 3 atom stereocenters. The van der Waals surface area contributed by atoms with Crippen molar-refractivity contribution >= 4 is 22.5 Å². The molecule has 1 amide bonds. The third-order valence-electron chi connectivity index (χ3n) is 7.04. The molecule has 8 nitrogen and oxygen atoms in total. The minimum absolute atomic E-state index is 0.106. The molecule has 37 heavy (non-hydrogen) atoms. The molecule has 0 aliphatic heterocycles. The van der Waals surface area contributed by atoms with Gasteiger partial charge in [-0.25, -0.2) is 9.36 Å². The van der Waals surface area contributed by atoms with Gasteiger partial charge in [-0.3, -0.25) is 4.79 Å². The number of hydrogen-bond acceptors (Lipinski definition) is 5. The molecule has 3 unspecified atom stereocenters. The van der Waals surface area contributed by atoms with Crippen LogP contribution in [0, 0.1) is 12.8 Å². The summed E-state index contributed by atoms with van der Waals surface area (Å²) >= 11 is 0. The average molecular weight is 513 g/mol. The van der Waals surface area contributed by atoms with E-state index >= 15 is 0 Å². The Morgan fingerprint density at radius 1 is 1.24 bits per heavy atom. The van der Waals surface area contributed by atoms with Crippen molar-refractivity contribution in [3.63, 3.8) is 0 Å². The number of aryl methyl sites for hydroxylation is 1. The van der Waals surface area contributed by atoms with Crippen molar-refractivity contribution in [3.8, 4) is 5.69 Å². The number of amides is 1. The van der Waals surface area contributed by atoms with Gasteiger partial charge in [-0.1, -0.05) is 24.3 Å². The van der Waals surface area contributed by atoms with E-state index in [9.17, 15) is 23.1 Å². The summed E-state index contributed by atoms with van der Waals surface area (Å²) in [5.41, 5.74) is 7.50. The minimum atomic E-state index is -4.48. The molecule has 1 saturated carbocycles. The highest BCUT2D eigenvalue weighted by molar-refractivity contribution is 5.84. The van der Waals surface area contributed by atoms with E-state index in [0.717, 1.165) is 35.5 Å². The normalized spacial score (nSPS) is 18.8. The lowest BCUT2D eigenvalue weighted by Crippen LogP contribution is -2.23. The Bertz CT molecular complexity index is 1440. The second-order valence-electron chi connectivity index (χ2n) is 9.47. The molecule has 2 heterocycles. The first-order chi connectivity index (χ1) is 17.7. The van der Waals surface area contributed by atoms with Gasteiger partial charge < -0.3 is 16.2 Å². The number of aliphatic hydroxyl groups excluding tert-OH is 1. The average Bonchev–Trinajstić information content (AvgIpc) is 3.61. The lowest BCUT2D eigenvalue weighted by molar-refractivity contribution is -0.138. The van der Waals surface area contributed by atoms with Crippen molar-refractivity contribution in [2.24, 2.45) is 11.7 Å². The zero-order valence-corrected chi connectivity index (χ0v) is 20.1. The Morgan fingerprint density at radius 2 is 2.03 bits per heavy atom. The van der Waals surface area contributed by atoms with Crippen LogP contribution in [0.1, 0.15) is 48.2 Å². The predicted molar refractivity (Wildman–Crippen MR) is 132 cm³/mol. The predicted octanol–water partition coefficient (Wildman–Crippen LogP) is 4.52. The summed E-state index contributed by atoms with van der Waals surface area (Å²) in [5.74, 6) is -0.339. The van der Waals surface area contributed by atoms with Crippen molar-refractivity contribution in [3.05, 3.63) is 71.7 Å². The number of nitrogens with one attached hydrogen (secondary N) is 1. The fourth-order valence-corrected chi connectivity index (χ4v) is 5.09. The van der Waals surface area contributed by atoms with Gasteiger partial charge in [0.2, 0.25) is 5.91 Å². The number of para-hydroxylation sites is 1. The molecule has 0 radical (unpaired) electrons. The van der Waals surface area contributed by atoms with Crippen LogP contribution in [0.15, 0.2) is 54.9 Å². The fourth-order valence-electron chi connectivity index (χ4n) is 5.09. The number of rotatable bonds is 7. The van der Waals surface area contributed by atoms with Gasteiger partial charge in [0, 0.05) is 22.9 Å². The summed E-state index contributed by atoms with van der Waals surface area (Å²) in [7, 11) is 0. The van der Waals surface area contributed by atoms with Crippen LogP contribution < -0.4 is 11.1 Å². The van der Waals surface area contributed by atoms with Crippen LogP contribution in [0.2, 0.25) is 0 Å². The smallest absolute Gasteiger partial charge is 0.392 e. The van der Waals surface area contributed by atoms with Gasteiger partial charge >= 0.3 is 6.18 Å². The number of benzene rings is 2. The maximum absolute atomic E-state index is 13.3. The molecular weight excluding hydrogens is 485 g/mol. The molecule has 5 rings (SSSR count). The van der Waals surface area contributed by atoms with Crippen molar-refractivity contribution in [2.45, 2.75) is 44.4 Å². The summed E-state index contributed by atoms with van der Waals surface area (Å²) in [6.45, 7) is 0.996. The third-order valence-corrected chi connectivity index (χ3v) is 7.04. The van der Waals surface area contributed by atoms with E-state index in [-0.39, 0.29) is 29.0 Å². The number of fused-ring (bicyclic) bond motifs is 1. The van der Waals surface area contributed by atoms with E-state index in [4.69, 9.17) is 10.8 Å². The van der Waals surface area contributed by atoms with Crippen LogP contribution in [0.3, 0.4) is 0 Å². The van der Waals surface area contributed by atoms with Crippen molar-refractivity contribution in [1.29, 1.82) is 0 Å². The molecule has 0 saturated heterocycles. The highest BCUT2D eigenvalue weighted by Gasteiger charge is 2.33. The quantitative estimate of drug-likeness (QED) is 0.337. The van der Waals surface area contributed by atoms with Crippen LogP contribution in [0.25, 0.3) is 16.6 Å². The maximum Gasteiger partial charge on any atom is 0.416 e. The van der Waals surface area contributed by atoms with Gasteiger partial charge in [0.15, 0.2) is 0 Å². The zero-order valence-electron chi connectivity index (χ0n) is 20.1. The number of carbonyl (C=O) groups is 1. The highest BCUT2D eigenvalue weighted by Crippen LogP contribution is 2.40. The third kappa shape index (κ3) is 4.78. The molecule has 2 aromatic heterocycles. The molecule has 2 aromatic carbocycles. The second kappa shape index (κ2) is 9.55. The summed E-state index contributed by atoms with van der Waals surface area (Å²) in [6, 6.07) is 11.7. The lowest BCUT2D eigenvalue weighted by atomic mass is 9.98. The summed E-state index contributed by atoms with van der Waals surface area (Å²) in [4.78, 5) is 11.7. The molecule has 0 bridgehead atoms. The number of aliphatic hydroxyl groups is 1. The van der Waals surface area contributed by atoms with Gasteiger partial charge in [0.25, 0.3) is 0 Å². The van der Waals surface area contributed by atoms with Gasteiger partial charge in [-0.15, -0.1) is 0 Å². The lowest BCUT2D eigenvalue weighted by Gasteiger charge is -2.19. The number of aromatic nitrogens is 4. The van der Waals surface area contributed by atoms with Crippen molar-refractivity contribution in [2.75, 3.05) is 11.9 Å². The van der Waals surface area contributed by atoms with Gasteiger partial charge in [-0.05, 0) is 49.9 Å². The van der Waals surface area contributed by atoms with Gasteiger partial charge in [0.05, 0.1) is 35.8 Å². The first-order valence-corrected chi connectivity index (χ1v) is 12.0. The van der Waals surface area contributed by atoms with E-state index < -0.39 is 24.5 Å². The Morgan fingerprint density at radius 3 is 2.73 bits per heavy atom. The van der Waals surface area contributed by atoms with Crippen LogP contribution >= 0.6 is 0 Å². The molecule has 1 aliphatic rings. The Balaban J connectivity index is 1.44. The molecule has 11 heteroatoms. The first kappa shape index (κ1) is 24.8. The number of nitrogens with zero attached hydrogens (tertiary/aromatic N) is 4. The van der Waals surface area contributed by atoms with E-state index in [2.05, 4.69) is 10.4 Å². The number of halogens is 3. The molecule has 4 N–H and O–H groups in total. The summed E-state index contributed by atoms with van der Waals surface area (Å²) in [5, 5.41) is 23.1. The Hall–Kier alpha value is -3.86. The van der Waals surface area contributed by atoms with E-state index in [1.807, 2.05) is 24.3 Å². The second-order valence-corrected chi connectivity index (χ2v) is 9.47. The van der Waals surface area contributed by atoms with Crippen molar-refractivity contribution < 1.29 is 23.1 Å². The zero-order chi connectivity index (χ0) is 26.3. The van der Waals surface area contributed by atoms with Gasteiger partial charge in [-0.2, -0.15) is 23.4 Å². The van der Waals surface area contributed by atoms with Crippen LogP contribution in [0.4, 0.5) is 18.9 Å². The maximum atomic E-state index is 13.3. The first-order valence-electron chi connectivity index (χ1n) is 12.0. The number of primary amides is 1. The highest BCUT2D eigenvalue weighted by atomic mass is 19.4. The van der Waals surface area contributed by atoms with Crippen LogP contribution in [0.5, 0.6) is 0 Å². The van der Waals surface area contributed by atoms with E-state index in [1.165, 1.54) is 23.7 Å². The van der Waals surface area contributed by atoms with E-state index in [1.54, 1.807) is 17.1 Å². The number of nitrogens with two attached hydrogens (primary N) is 1. The number of anilines is 1. The Kier molecular flexibility index (Phi) is 6.40. The molecule has 194 valence electrons. The number of hydrogen-bond donors (Lipinski definition) is 3. The minimum Gasteiger partial charge on any atom is -0.392 e. The van der Waals surface area contributed by atoms with Crippen molar-refractivity contribution in [1.82, 2.24) is 19.6 Å². The SMILES string of the molecule is Cc1ccc(NC(CO)n2cc(-n3nc(C4CCC(C(N)=O)C4)c4ccccc43)cn2)cc1C(F)(F)F. The number of alkyl halides is 3. The molecule has 4 aromatic rings. The van der Waals surface area contributed by atoms with Crippen LogP contribution in [-0.4, -0.2) is 37.2 Å². The largest absolute Gasteiger partial charge is 0.416 e.